The molecule has 1 heterocycles. The molecule has 0 radical (unpaired) electrons. The molecular formula is C20H22N2O3S2. The number of carbonyl (C=O) groups is 2. The van der Waals surface area contributed by atoms with Crippen molar-refractivity contribution in [1.29, 1.82) is 0 Å². The summed E-state index contributed by atoms with van der Waals surface area (Å²) in [5, 5.41) is 12.5. The summed E-state index contributed by atoms with van der Waals surface area (Å²) in [6, 6.07) is 5.70. The van der Waals surface area contributed by atoms with E-state index in [-0.39, 0.29) is 17.7 Å². The second kappa shape index (κ2) is 7.64. The fourth-order valence-electron chi connectivity index (χ4n) is 4.09. The van der Waals surface area contributed by atoms with E-state index in [1.807, 2.05) is 30.4 Å². The smallest absolute Gasteiger partial charge is 0.307 e. The van der Waals surface area contributed by atoms with E-state index in [1.165, 1.54) is 12.8 Å². The number of benzene rings is 1. The summed E-state index contributed by atoms with van der Waals surface area (Å²) < 4.78 is 2.08. The maximum atomic E-state index is 12.8. The molecule has 2 aliphatic rings. The molecule has 5 nitrogen and oxygen atoms in total. The van der Waals surface area contributed by atoms with Gasteiger partial charge in [-0.2, -0.15) is 0 Å². The van der Waals surface area contributed by atoms with Crippen LogP contribution >= 0.6 is 23.1 Å². The average Bonchev–Trinajstić information content (AvgIpc) is 3.34. The number of allylic oxidation sites excluding steroid dienone is 2. The number of thiazole rings is 1. The Morgan fingerprint density at radius 3 is 2.81 bits per heavy atom. The number of amides is 1. The zero-order valence-electron chi connectivity index (χ0n) is 15.1. The molecule has 2 aromatic rings. The molecule has 1 amide bonds. The topological polar surface area (TPSA) is 79.3 Å². The van der Waals surface area contributed by atoms with Gasteiger partial charge in [-0.15, -0.1) is 11.3 Å². The lowest BCUT2D eigenvalue weighted by Gasteiger charge is -2.23. The van der Waals surface area contributed by atoms with Crippen LogP contribution in [0.1, 0.15) is 26.2 Å². The first-order valence-electron chi connectivity index (χ1n) is 9.32. The third-order valence-electron chi connectivity index (χ3n) is 5.41. The van der Waals surface area contributed by atoms with Crippen LogP contribution in [0.15, 0.2) is 34.7 Å². The van der Waals surface area contributed by atoms with E-state index in [4.69, 9.17) is 0 Å². The molecule has 1 aromatic heterocycles. The van der Waals surface area contributed by atoms with Crippen LogP contribution in [0.25, 0.3) is 10.2 Å². The van der Waals surface area contributed by atoms with E-state index in [0.717, 1.165) is 26.7 Å². The molecule has 1 fully saturated rings. The number of nitrogens with zero attached hydrogens (tertiary/aromatic N) is 1. The second-order valence-corrected chi connectivity index (χ2v) is 9.56. The molecule has 0 spiro atoms. The van der Waals surface area contributed by atoms with E-state index >= 15 is 0 Å². The lowest BCUT2D eigenvalue weighted by atomic mass is 9.82. The van der Waals surface area contributed by atoms with Crippen molar-refractivity contribution in [3.63, 3.8) is 0 Å². The minimum absolute atomic E-state index is 0.0186. The Balaban J connectivity index is 1.49. The van der Waals surface area contributed by atoms with Gasteiger partial charge in [0.05, 0.1) is 22.1 Å². The first-order valence-corrected chi connectivity index (χ1v) is 11.1. The molecule has 1 saturated carbocycles. The highest BCUT2D eigenvalue weighted by Crippen LogP contribution is 2.48. The summed E-state index contributed by atoms with van der Waals surface area (Å²) in [4.78, 5) is 29.1. The summed E-state index contributed by atoms with van der Waals surface area (Å²) >= 11 is 3.40. The molecular weight excluding hydrogens is 380 g/mol. The maximum absolute atomic E-state index is 12.8. The number of fused-ring (bicyclic) bond motifs is 3. The number of carbonyl (C=O) groups excluding carboxylic acids is 1. The van der Waals surface area contributed by atoms with Gasteiger partial charge in [-0.25, -0.2) is 4.98 Å². The van der Waals surface area contributed by atoms with Crippen LogP contribution in [-0.4, -0.2) is 27.7 Å². The second-order valence-electron chi connectivity index (χ2n) is 7.19. The summed E-state index contributed by atoms with van der Waals surface area (Å²) in [7, 11) is 0. The molecule has 2 aliphatic carbocycles. The van der Waals surface area contributed by atoms with Gasteiger partial charge in [0.15, 0.2) is 4.34 Å². The minimum Gasteiger partial charge on any atom is -0.481 e. The molecule has 0 aliphatic heterocycles. The number of nitrogens with one attached hydrogen (secondary N) is 1. The number of thioether (sulfide) groups is 1. The van der Waals surface area contributed by atoms with Gasteiger partial charge in [-0.3, -0.25) is 9.59 Å². The zero-order valence-corrected chi connectivity index (χ0v) is 16.7. The van der Waals surface area contributed by atoms with Crippen LogP contribution in [0.4, 0.5) is 5.69 Å². The number of hydrogen-bond acceptors (Lipinski definition) is 5. The van der Waals surface area contributed by atoms with Crippen molar-refractivity contribution in [2.45, 2.75) is 30.5 Å². The SMILES string of the molecule is CCCCSc1nc2ccc(NC(=O)[C@H]3[C@@H](C(=O)O)[C@H]4C=C[C@H]3C4)cc2s1. The third-order valence-corrected chi connectivity index (χ3v) is 7.65. The van der Waals surface area contributed by atoms with Crippen LogP contribution in [0.2, 0.25) is 0 Å². The number of carboxylic acid groups (broad SMARTS) is 1. The Kier molecular flexibility index (Phi) is 5.23. The van der Waals surface area contributed by atoms with Crippen LogP contribution < -0.4 is 5.32 Å². The normalized spacial score (nSPS) is 26.0. The number of carboxylic acids is 1. The van der Waals surface area contributed by atoms with Gasteiger partial charge in [0.1, 0.15) is 0 Å². The Morgan fingerprint density at radius 1 is 1.30 bits per heavy atom. The van der Waals surface area contributed by atoms with Crippen LogP contribution in [0.3, 0.4) is 0 Å². The molecule has 27 heavy (non-hydrogen) atoms. The summed E-state index contributed by atoms with van der Waals surface area (Å²) in [6.45, 7) is 2.18. The van der Waals surface area contributed by atoms with E-state index in [9.17, 15) is 14.7 Å². The molecule has 4 rings (SSSR count). The Labute approximate surface area is 166 Å². The quantitative estimate of drug-likeness (QED) is 0.400. The minimum atomic E-state index is -0.876. The molecule has 2 bridgehead atoms. The molecule has 1 aromatic carbocycles. The Hall–Kier alpha value is -1.86. The lowest BCUT2D eigenvalue weighted by molar-refractivity contribution is -0.146. The van der Waals surface area contributed by atoms with Crippen molar-refractivity contribution < 1.29 is 14.7 Å². The predicted octanol–water partition coefficient (Wildman–Crippen LogP) is 4.65. The van der Waals surface area contributed by atoms with E-state index in [1.54, 1.807) is 23.1 Å². The van der Waals surface area contributed by atoms with Crippen molar-refractivity contribution >= 4 is 50.9 Å². The fraction of sp³-hybridized carbons (Fsp3) is 0.450. The Morgan fingerprint density at radius 2 is 2.07 bits per heavy atom. The van der Waals surface area contributed by atoms with Gasteiger partial charge < -0.3 is 10.4 Å². The van der Waals surface area contributed by atoms with Crippen molar-refractivity contribution in [1.82, 2.24) is 4.98 Å². The molecule has 0 unspecified atom stereocenters. The highest BCUT2D eigenvalue weighted by molar-refractivity contribution is 8.01. The molecule has 4 atom stereocenters. The van der Waals surface area contributed by atoms with Crippen LogP contribution in [-0.2, 0) is 9.59 Å². The van der Waals surface area contributed by atoms with Crippen molar-refractivity contribution in [3.05, 3.63) is 30.4 Å². The summed E-state index contributed by atoms with van der Waals surface area (Å²) in [5.41, 5.74) is 1.64. The Bertz CT molecular complexity index is 908. The monoisotopic (exact) mass is 402 g/mol. The lowest BCUT2D eigenvalue weighted by Crippen LogP contribution is -2.36. The van der Waals surface area contributed by atoms with E-state index < -0.39 is 17.8 Å². The molecule has 142 valence electrons. The van der Waals surface area contributed by atoms with Gasteiger partial charge >= 0.3 is 5.97 Å². The third kappa shape index (κ3) is 3.62. The van der Waals surface area contributed by atoms with Gasteiger partial charge in [-0.05, 0) is 42.9 Å². The van der Waals surface area contributed by atoms with Gasteiger partial charge in [0, 0.05) is 11.4 Å². The van der Waals surface area contributed by atoms with Crippen LogP contribution in [0, 0.1) is 23.7 Å². The molecule has 2 N–H and O–H groups in total. The van der Waals surface area contributed by atoms with Crippen LogP contribution in [0.5, 0.6) is 0 Å². The van der Waals surface area contributed by atoms with Gasteiger partial charge in [-0.1, -0.05) is 37.3 Å². The number of hydrogen-bond donors (Lipinski definition) is 2. The van der Waals surface area contributed by atoms with Crippen molar-refractivity contribution in [2.75, 3.05) is 11.1 Å². The molecule has 7 heteroatoms. The number of aromatic nitrogens is 1. The van der Waals surface area contributed by atoms with E-state index in [2.05, 4.69) is 17.2 Å². The van der Waals surface area contributed by atoms with Gasteiger partial charge in [0.25, 0.3) is 0 Å². The predicted molar refractivity (Wildman–Crippen MR) is 109 cm³/mol. The number of rotatable bonds is 7. The first-order chi connectivity index (χ1) is 13.1. The number of unbranched alkanes of at least 4 members (excludes halogenated alkanes) is 1. The first kappa shape index (κ1) is 18.5. The van der Waals surface area contributed by atoms with Crippen molar-refractivity contribution in [3.8, 4) is 0 Å². The van der Waals surface area contributed by atoms with Gasteiger partial charge in [0.2, 0.25) is 5.91 Å². The molecule has 0 saturated heterocycles. The fourth-order valence-corrected chi connectivity index (χ4v) is 6.35. The average molecular weight is 403 g/mol. The highest BCUT2D eigenvalue weighted by Gasteiger charge is 2.51. The zero-order chi connectivity index (χ0) is 19.0. The highest BCUT2D eigenvalue weighted by atomic mass is 32.2. The standard InChI is InChI=1S/C20H22N2O3S2/c1-2-3-8-26-20-22-14-7-6-13(10-15(14)27-20)21-18(23)16-11-4-5-12(9-11)17(16)19(24)25/h4-7,10-12,16-17H,2-3,8-9H2,1H3,(H,21,23)(H,24,25)/t11-,12-,16+,17-/m0/s1. The number of aliphatic carboxylic acids is 1. The van der Waals surface area contributed by atoms with Crippen molar-refractivity contribution in [2.24, 2.45) is 23.7 Å². The summed E-state index contributed by atoms with van der Waals surface area (Å²) in [5.74, 6) is -1.10. The number of anilines is 1. The largest absolute Gasteiger partial charge is 0.481 e. The van der Waals surface area contributed by atoms with E-state index in [0.29, 0.717) is 5.69 Å². The maximum Gasteiger partial charge on any atom is 0.307 e. The summed E-state index contributed by atoms with van der Waals surface area (Å²) in [6.07, 6.45) is 7.06.